The van der Waals surface area contributed by atoms with Gasteiger partial charge in [-0.05, 0) is 104 Å². The molecule has 0 spiro atoms. The molecule has 0 saturated carbocycles. The lowest BCUT2D eigenvalue weighted by atomic mass is 10.1. The number of carbonyl (C=O) groups excluding carboxylic acids is 7. The number of ether oxygens (including phenoxy) is 4. The molecule has 0 aliphatic carbocycles. The molecule has 3 aliphatic rings. The predicted octanol–water partition coefficient (Wildman–Crippen LogP) is 16.3. The Balaban J connectivity index is 0.000000119. The Labute approximate surface area is 738 Å². The van der Waals surface area contributed by atoms with E-state index in [0.717, 1.165) is 134 Å². The summed E-state index contributed by atoms with van der Waals surface area (Å²) in [5, 5.41) is 23.9. The molecule has 126 heavy (non-hydrogen) atoms. The zero-order valence-corrected chi connectivity index (χ0v) is 74.1. The van der Waals surface area contributed by atoms with E-state index in [1.165, 1.54) is 34.0 Å². The van der Waals surface area contributed by atoms with E-state index in [4.69, 9.17) is 18.9 Å². The van der Waals surface area contributed by atoms with Gasteiger partial charge in [0, 0.05) is 235 Å². The highest BCUT2D eigenvalue weighted by Crippen LogP contribution is 2.44. The number of nitrogens with one attached hydrogen (secondary N) is 4. The van der Waals surface area contributed by atoms with Gasteiger partial charge < -0.3 is 82.9 Å². The normalized spacial score (nSPS) is 15.0. The third kappa shape index (κ3) is 16.8. The van der Waals surface area contributed by atoms with Crippen LogP contribution in [0.25, 0.3) is 95.2 Å². The molecule has 4 aromatic carbocycles. The maximum Gasteiger partial charge on any atom is 0.264 e. The summed E-state index contributed by atoms with van der Waals surface area (Å²) in [6.07, 6.45) is 20.0. The van der Waals surface area contributed by atoms with E-state index in [1.54, 1.807) is 93.7 Å². The van der Waals surface area contributed by atoms with Crippen molar-refractivity contribution < 1.29 is 57.6 Å². The molecular formula is C93H89N17O12S4. The number of likely N-dealkylation sites (tertiary alicyclic amines) is 3. The second-order valence-corrected chi connectivity index (χ2v) is 35.6. The number of β-amino-alcohol motifs (C(OH)–C–C–N with tert-alkyl or cyclic N) is 1. The first-order chi connectivity index (χ1) is 60.9. The van der Waals surface area contributed by atoms with Gasteiger partial charge in [0.05, 0.1) is 111 Å². The number of benzene rings is 4. The molecule has 5 N–H and O–H groups in total. The third-order valence-corrected chi connectivity index (χ3v) is 27.2. The standard InChI is InChI=1S/2C24H24N4O3S.C23H22N4O4S.C22H19N5O2S/c2*1-14-7-9-28(12-14)24(30)21-11-18-22(32-21)20(6-8-26-18)31-15-4-5-16-17(23(29)25-2)13-27(3)19(16)10-15;1-24-22(29)16-12-26(2)18-9-14(3-4-15(16)18)31-19-5-7-25-17-10-20(32-21(17)19)23(30)27-8-6-13(28)11-27;1-23-22(28)15-12-27(3)17-10-13(4-5-14(15)17)29-18-6-7-24-16-11-19(30-20(16)18)21-25-8-9-26(21)2/h2*4-6,8,10-11,13-14H,7,9,12H2,1-3H3,(H,25,29);3-5,7,9-10,12-13,28H,6,8,11H2,1-2H3,(H,24,29);4-12H,1-3H3,(H,23,28)/t2*14-;13-;/m111./s1. The van der Waals surface area contributed by atoms with E-state index in [2.05, 4.69) is 60.0 Å². The summed E-state index contributed by atoms with van der Waals surface area (Å²) < 4.78 is 37.9. The number of aliphatic hydroxyl groups is 1. The first-order valence-electron chi connectivity index (χ1n) is 40.9. The second-order valence-electron chi connectivity index (χ2n) is 31.4. The van der Waals surface area contributed by atoms with Crippen molar-refractivity contribution in [3.8, 4) is 56.7 Å². The zero-order valence-electron chi connectivity index (χ0n) is 70.8. The summed E-state index contributed by atoms with van der Waals surface area (Å²) in [6.45, 7) is 8.48. The number of imidazole rings is 1. The van der Waals surface area contributed by atoms with Crippen LogP contribution >= 0.6 is 45.3 Å². The van der Waals surface area contributed by atoms with Crippen LogP contribution in [-0.2, 0) is 35.2 Å². The van der Waals surface area contributed by atoms with Crippen LogP contribution in [0.3, 0.4) is 0 Å². The summed E-state index contributed by atoms with van der Waals surface area (Å²) in [6, 6.07) is 37.5. The number of thiophene rings is 4. The average molecular weight is 1770 g/mol. The maximum atomic E-state index is 12.9. The second kappa shape index (κ2) is 35.4. The molecular weight excluding hydrogens is 1680 g/mol. The van der Waals surface area contributed by atoms with Crippen molar-refractivity contribution in [1.82, 2.24) is 83.7 Å². The van der Waals surface area contributed by atoms with E-state index < -0.39 is 6.10 Å². The molecule has 0 radical (unpaired) electrons. The van der Waals surface area contributed by atoms with Crippen LogP contribution in [0.2, 0.25) is 0 Å². The molecule has 33 heteroatoms. The average Bonchev–Trinajstić information content (AvgIpc) is 1.64. The fourth-order valence-corrected chi connectivity index (χ4v) is 20.3. The molecule has 3 fully saturated rings. The Bertz CT molecular complexity index is 6670. The SMILES string of the molecule is CNC(=O)c1cn(C)c2cc(Oc3ccnc4cc(-c5nccn5C)sc34)ccc12.CNC(=O)c1cn(C)c2cc(Oc3ccnc4cc(C(=O)N5CC[C@@H](C)C5)sc34)ccc12.CNC(=O)c1cn(C)c2cc(Oc3ccnc4cc(C(=O)N5CC[C@@H](C)C5)sc34)ccc12.CNC(=O)c1cn(C)c2cc(Oc3ccnc4cc(C(=O)N5CC[C@@H](O)C5)sc34)ccc12. The van der Waals surface area contributed by atoms with Gasteiger partial charge >= 0.3 is 0 Å². The summed E-state index contributed by atoms with van der Waals surface area (Å²) in [5.41, 5.74) is 9.18. The van der Waals surface area contributed by atoms with Crippen molar-refractivity contribution in [3.63, 3.8) is 0 Å². The van der Waals surface area contributed by atoms with Crippen LogP contribution in [0, 0.1) is 11.8 Å². The lowest BCUT2D eigenvalue weighted by Crippen LogP contribution is -2.28. The highest BCUT2D eigenvalue weighted by atomic mass is 32.1. The number of carbonyl (C=O) groups is 7. The van der Waals surface area contributed by atoms with Gasteiger partial charge in [-0.15, -0.1) is 45.3 Å². The topological polar surface area (TPSA) is 324 Å². The number of aryl methyl sites for hydroxylation is 5. The number of amides is 7. The molecule has 20 rings (SSSR count). The molecule has 0 unspecified atom stereocenters. The summed E-state index contributed by atoms with van der Waals surface area (Å²) in [4.78, 5) is 118. The third-order valence-electron chi connectivity index (χ3n) is 22.7. The summed E-state index contributed by atoms with van der Waals surface area (Å²) >= 11 is 5.78. The van der Waals surface area contributed by atoms with Gasteiger partial charge in [-0.1, -0.05) is 13.8 Å². The molecule has 16 heterocycles. The van der Waals surface area contributed by atoms with Crippen molar-refractivity contribution in [3.05, 3.63) is 220 Å². The quantitative estimate of drug-likeness (QED) is 0.0600. The zero-order chi connectivity index (χ0) is 88.0. The largest absolute Gasteiger partial charge is 0.456 e. The van der Waals surface area contributed by atoms with Gasteiger partial charge in [0.2, 0.25) is 0 Å². The highest BCUT2D eigenvalue weighted by Gasteiger charge is 2.31. The molecule has 17 aromatic rings. The monoisotopic (exact) mass is 1760 g/mol. The van der Waals surface area contributed by atoms with Crippen molar-refractivity contribution in [2.24, 2.45) is 47.1 Å². The number of hydrogen-bond donors (Lipinski definition) is 5. The van der Waals surface area contributed by atoms with Crippen LogP contribution in [0.4, 0.5) is 0 Å². The van der Waals surface area contributed by atoms with Gasteiger partial charge in [0.25, 0.3) is 41.4 Å². The van der Waals surface area contributed by atoms with Crippen molar-refractivity contribution >= 4 is 171 Å². The van der Waals surface area contributed by atoms with Crippen LogP contribution < -0.4 is 40.2 Å². The van der Waals surface area contributed by atoms with E-state index in [-0.39, 0.29) is 41.4 Å². The minimum Gasteiger partial charge on any atom is -0.456 e. The number of aromatic nitrogens is 10. The van der Waals surface area contributed by atoms with Crippen LogP contribution in [0.5, 0.6) is 46.0 Å². The predicted molar refractivity (Wildman–Crippen MR) is 492 cm³/mol. The number of hydrogen-bond acceptors (Lipinski definition) is 21. The summed E-state index contributed by atoms with van der Waals surface area (Å²) in [7, 11) is 16.1. The van der Waals surface area contributed by atoms with E-state index >= 15 is 0 Å². The number of nitrogens with zero attached hydrogens (tertiary/aromatic N) is 13. The first-order valence-corrected chi connectivity index (χ1v) is 44.2. The Morgan fingerprint density at radius 3 is 0.944 bits per heavy atom. The van der Waals surface area contributed by atoms with E-state index in [1.807, 2.05) is 202 Å². The first kappa shape index (κ1) is 84.4. The minimum absolute atomic E-state index is 0.0651. The van der Waals surface area contributed by atoms with Gasteiger partial charge in [-0.2, -0.15) is 0 Å². The molecule has 29 nitrogen and oxygen atoms in total. The fraction of sp³-hybridized carbons (Fsp3) is 0.247. The number of pyridine rings is 4. The van der Waals surface area contributed by atoms with Crippen molar-refractivity contribution in [1.29, 1.82) is 0 Å². The molecule has 3 saturated heterocycles. The number of rotatable bonds is 16. The fourth-order valence-electron chi connectivity index (χ4n) is 16.1. The molecule has 7 amide bonds. The van der Waals surface area contributed by atoms with Crippen LogP contribution in [0.1, 0.15) is 104 Å². The van der Waals surface area contributed by atoms with E-state index in [9.17, 15) is 38.7 Å². The molecule has 3 atom stereocenters. The van der Waals surface area contributed by atoms with Gasteiger partial charge in [-0.25, -0.2) is 4.98 Å². The van der Waals surface area contributed by atoms with Gasteiger partial charge in [-0.3, -0.25) is 53.5 Å². The Hall–Kier alpha value is -13.9. The number of aliphatic hydroxyl groups excluding tert-OH is 1. The molecule has 13 aromatic heterocycles. The smallest absolute Gasteiger partial charge is 0.264 e. The Morgan fingerprint density at radius 1 is 0.365 bits per heavy atom. The number of fused-ring (bicyclic) bond motifs is 8. The van der Waals surface area contributed by atoms with Crippen molar-refractivity contribution in [2.75, 3.05) is 67.5 Å². The van der Waals surface area contributed by atoms with Gasteiger partial charge in [0.1, 0.15) is 51.8 Å². The van der Waals surface area contributed by atoms with Crippen LogP contribution in [0.15, 0.2) is 183 Å². The minimum atomic E-state index is -0.457. The van der Waals surface area contributed by atoms with E-state index in [0.29, 0.717) is 114 Å². The molecule has 642 valence electrons. The Morgan fingerprint density at radius 2 is 0.667 bits per heavy atom. The maximum absolute atomic E-state index is 12.9. The van der Waals surface area contributed by atoms with Gasteiger partial charge in [0.15, 0.2) is 0 Å². The molecule has 0 bridgehead atoms. The summed E-state index contributed by atoms with van der Waals surface area (Å²) in [5.74, 6) is 6.85. The van der Waals surface area contributed by atoms with Crippen LogP contribution in [-0.4, -0.2) is 182 Å². The van der Waals surface area contributed by atoms with Crippen molar-refractivity contribution in [2.45, 2.75) is 39.2 Å². The lowest BCUT2D eigenvalue weighted by molar-refractivity contribution is 0.0767. The molecule has 3 aliphatic heterocycles. The lowest BCUT2D eigenvalue weighted by Gasteiger charge is -2.14. The highest BCUT2D eigenvalue weighted by molar-refractivity contribution is 7.23. The Kier molecular flexibility index (Phi) is 23.7.